The van der Waals surface area contributed by atoms with Crippen molar-refractivity contribution in [2.24, 2.45) is 0 Å². The molecule has 0 spiro atoms. The fourth-order valence-corrected chi connectivity index (χ4v) is 0.543. The van der Waals surface area contributed by atoms with E-state index in [0.717, 1.165) is 0 Å². The summed E-state index contributed by atoms with van der Waals surface area (Å²) in [6.45, 7) is 0. The Bertz CT molecular complexity index is 119. The highest BCUT2D eigenvalue weighted by molar-refractivity contribution is 9.09. The SMILES string of the molecule is O=C(CBr)OC(Cl)C(Cl)Cl. The zero-order chi connectivity index (χ0) is 8.15. The van der Waals surface area contributed by atoms with Crippen LogP contribution in [0.1, 0.15) is 0 Å². The molecule has 0 aliphatic heterocycles. The average Bonchev–Trinajstić information content (AvgIpc) is 1.87. The van der Waals surface area contributed by atoms with Gasteiger partial charge in [0, 0.05) is 0 Å². The lowest BCUT2D eigenvalue weighted by molar-refractivity contribution is -0.141. The van der Waals surface area contributed by atoms with Gasteiger partial charge in [0.1, 0.15) is 5.33 Å². The summed E-state index contributed by atoms with van der Waals surface area (Å²) in [6, 6.07) is 0. The molecule has 0 amide bonds. The van der Waals surface area contributed by atoms with Crippen molar-refractivity contribution in [1.82, 2.24) is 0 Å². The highest BCUT2D eigenvalue weighted by Crippen LogP contribution is 2.15. The van der Waals surface area contributed by atoms with Crippen LogP contribution < -0.4 is 0 Å². The third-order valence-electron chi connectivity index (χ3n) is 0.551. The molecular weight excluding hydrogens is 266 g/mol. The topological polar surface area (TPSA) is 26.3 Å². The van der Waals surface area contributed by atoms with Gasteiger partial charge in [-0.05, 0) is 0 Å². The molecule has 0 heterocycles. The van der Waals surface area contributed by atoms with E-state index < -0.39 is 16.4 Å². The Morgan fingerprint density at radius 2 is 2.00 bits per heavy atom. The standard InChI is InChI=1S/C4H4BrCl3O2/c5-1-2(9)10-4(8)3(6)7/h3-4H,1H2. The van der Waals surface area contributed by atoms with Crippen LogP contribution in [0, 0.1) is 0 Å². The van der Waals surface area contributed by atoms with Gasteiger partial charge in [0.15, 0.2) is 4.84 Å². The summed E-state index contributed by atoms with van der Waals surface area (Å²) in [7, 11) is 0. The molecule has 2 nitrogen and oxygen atoms in total. The van der Waals surface area contributed by atoms with Crippen LogP contribution in [0.4, 0.5) is 0 Å². The first-order chi connectivity index (χ1) is 4.57. The Morgan fingerprint density at radius 1 is 1.50 bits per heavy atom. The summed E-state index contributed by atoms with van der Waals surface area (Å²) in [6.07, 6.45) is 0. The van der Waals surface area contributed by atoms with Gasteiger partial charge in [-0.2, -0.15) is 0 Å². The summed E-state index contributed by atoms with van der Waals surface area (Å²) in [4.78, 5) is 9.56. The number of ether oxygens (including phenoxy) is 1. The Labute approximate surface area is 81.9 Å². The predicted octanol–water partition coefficient (Wildman–Crippen LogP) is 2.29. The summed E-state index contributed by atoms with van der Waals surface area (Å²) < 4.78 is 4.48. The number of hydrogen-bond donors (Lipinski definition) is 0. The summed E-state index contributed by atoms with van der Waals surface area (Å²) in [5.74, 6) is -0.494. The van der Waals surface area contributed by atoms with E-state index in [2.05, 4.69) is 20.7 Å². The lowest BCUT2D eigenvalue weighted by Crippen LogP contribution is -2.18. The molecule has 0 saturated heterocycles. The van der Waals surface area contributed by atoms with Crippen molar-refractivity contribution in [3.8, 4) is 0 Å². The van der Waals surface area contributed by atoms with Gasteiger partial charge in [-0.3, -0.25) is 4.79 Å². The molecule has 0 aromatic carbocycles. The molecule has 0 rings (SSSR count). The highest BCUT2D eigenvalue weighted by Gasteiger charge is 2.17. The molecular formula is C4H4BrCl3O2. The zero-order valence-corrected chi connectivity index (χ0v) is 8.54. The van der Waals surface area contributed by atoms with Crippen LogP contribution in [0.15, 0.2) is 0 Å². The molecule has 10 heavy (non-hydrogen) atoms. The smallest absolute Gasteiger partial charge is 0.318 e. The summed E-state index contributed by atoms with van der Waals surface area (Å²) in [5, 5.41) is 0.0801. The van der Waals surface area contributed by atoms with E-state index in [4.69, 9.17) is 34.8 Å². The maximum absolute atomic E-state index is 10.5. The molecule has 0 aliphatic rings. The maximum atomic E-state index is 10.5. The lowest BCUT2D eigenvalue weighted by atomic mass is 10.7. The summed E-state index contributed by atoms with van der Waals surface area (Å²) in [5.41, 5.74) is -0.978. The van der Waals surface area contributed by atoms with Gasteiger partial charge in [0.25, 0.3) is 0 Å². The van der Waals surface area contributed by atoms with E-state index >= 15 is 0 Å². The normalized spacial score (nSPS) is 13.3. The van der Waals surface area contributed by atoms with E-state index in [1.807, 2.05) is 0 Å². The lowest BCUT2D eigenvalue weighted by Gasteiger charge is -2.09. The van der Waals surface area contributed by atoms with Gasteiger partial charge in [-0.1, -0.05) is 50.7 Å². The second kappa shape index (κ2) is 5.47. The first-order valence-corrected chi connectivity index (χ1v) is 4.68. The Hall–Kier alpha value is 0.820. The van der Waals surface area contributed by atoms with Gasteiger partial charge in [0.05, 0.1) is 0 Å². The second-order valence-electron chi connectivity index (χ2n) is 1.31. The van der Waals surface area contributed by atoms with Gasteiger partial charge < -0.3 is 4.74 Å². The van der Waals surface area contributed by atoms with Crippen LogP contribution in [0.2, 0.25) is 0 Å². The number of rotatable bonds is 3. The number of hydrogen-bond acceptors (Lipinski definition) is 2. The predicted molar refractivity (Wildman–Crippen MR) is 45.0 cm³/mol. The molecule has 0 aromatic rings. The van der Waals surface area contributed by atoms with E-state index in [0.29, 0.717) is 0 Å². The Balaban J connectivity index is 3.57. The van der Waals surface area contributed by atoms with Crippen LogP contribution in [-0.2, 0) is 9.53 Å². The Morgan fingerprint density at radius 3 is 2.30 bits per heavy atom. The maximum Gasteiger partial charge on any atom is 0.318 e. The first kappa shape index (κ1) is 10.8. The van der Waals surface area contributed by atoms with Crippen molar-refractivity contribution < 1.29 is 9.53 Å². The third kappa shape index (κ3) is 4.61. The van der Waals surface area contributed by atoms with E-state index in [1.54, 1.807) is 0 Å². The van der Waals surface area contributed by atoms with Gasteiger partial charge in [-0.25, -0.2) is 0 Å². The molecule has 1 atom stereocenters. The monoisotopic (exact) mass is 268 g/mol. The third-order valence-corrected chi connectivity index (χ3v) is 2.07. The molecule has 0 radical (unpaired) electrons. The second-order valence-corrected chi connectivity index (χ2v) is 3.46. The van der Waals surface area contributed by atoms with Gasteiger partial charge in [-0.15, -0.1) is 0 Å². The minimum absolute atomic E-state index is 0.0801. The minimum atomic E-state index is -0.978. The van der Waals surface area contributed by atoms with Crippen LogP contribution in [0.25, 0.3) is 0 Å². The molecule has 0 bridgehead atoms. The van der Waals surface area contributed by atoms with Gasteiger partial charge >= 0.3 is 5.97 Å². The zero-order valence-electron chi connectivity index (χ0n) is 4.69. The number of halogens is 4. The molecule has 0 aliphatic carbocycles. The molecule has 0 saturated carbocycles. The van der Waals surface area contributed by atoms with Crippen molar-refractivity contribution in [2.45, 2.75) is 10.4 Å². The highest BCUT2D eigenvalue weighted by atomic mass is 79.9. The van der Waals surface area contributed by atoms with Crippen molar-refractivity contribution >= 4 is 56.7 Å². The summed E-state index contributed by atoms with van der Waals surface area (Å²) >= 11 is 18.8. The molecule has 0 N–H and O–H groups in total. The molecule has 60 valence electrons. The molecule has 0 fully saturated rings. The van der Waals surface area contributed by atoms with Crippen molar-refractivity contribution in [3.63, 3.8) is 0 Å². The number of esters is 1. The van der Waals surface area contributed by atoms with Crippen LogP contribution in [0.3, 0.4) is 0 Å². The van der Waals surface area contributed by atoms with Crippen LogP contribution in [0.5, 0.6) is 0 Å². The van der Waals surface area contributed by atoms with E-state index in [-0.39, 0.29) is 5.33 Å². The molecule has 0 aromatic heterocycles. The quantitative estimate of drug-likeness (QED) is 0.581. The fourth-order valence-electron chi connectivity index (χ4n) is 0.209. The Kier molecular flexibility index (Phi) is 5.92. The van der Waals surface area contributed by atoms with Crippen LogP contribution in [-0.4, -0.2) is 21.7 Å². The molecule has 1 unspecified atom stereocenters. The molecule has 6 heteroatoms. The van der Waals surface area contributed by atoms with E-state index in [9.17, 15) is 4.79 Å². The first-order valence-electron chi connectivity index (χ1n) is 2.25. The van der Waals surface area contributed by atoms with Crippen molar-refractivity contribution in [2.75, 3.05) is 5.33 Å². The largest absolute Gasteiger partial charge is 0.442 e. The number of carbonyl (C=O) groups is 1. The van der Waals surface area contributed by atoms with Crippen LogP contribution >= 0.6 is 50.7 Å². The number of alkyl halides is 4. The van der Waals surface area contributed by atoms with E-state index in [1.165, 1.54) is 0 Å². The van der Waals surface area contributed by atoms with Crippen molar-refractivity contribution in [3.05, 3.63) is 0 Å². The average molecular weight is 270 g/mol. The van der Waals surface area contributed by atoms with Gasteiger partial charge in [0.2, 0.25) is 5.56 Å². The van der Waals surface area contributed by atoms with Crippen molar-refractivity contribution in [1.29, 1.82) is 0 Å². The minimum Gasteiger partial charge on any atom is -0.442 e. The number of carbonyl (C=O) groups excluding carboxylic acids is 1. The fraction of sp³-hybridized carbons (Fsp3) is 0.750.